The highest BCUT2D eigenvalue weighted by Gasteiger charge is 2.42. The van der Waals surface area contributed by atoms with E-state index in [9.17, 15) is 19.7 Å². The Morgan fingerprint density at radius 3 is 2.23 bits per heavy atom. The molecule has 0 saturated carbocycles. The van der Waals surface area contributed by atoms with Crippen LogP contribution in [0.3, 0.4) is 0 Å². The molecule has 9 nitrogen and oxygen atoms in total. The first kappa shape index (κ1) is 26.8. The number of hydrogen-bond acceptors (Lipinski definition) is 7. The normalized spacial score (nSPS) is 17.2. The van der Waals surface area contributed by atoms with Crippen LogP contribution in [0.2, 0.25) is 10.0 Å². The Bertz CT molecular complexity index is 1520. The number of amides is 2. The molecule has 0 atom stereocenters. The summed E-state index contributed by atoms with van der Waals surface area (Å²) in [5, 5.41) is 11.5. The van der Waals surface area contributed by atoms with Crippen molar-refractivity contribution in [3.05, 3.63) is 98.0 Å². The molecule has 3 aromatic rings. The molecule has 2 heterocycles. The standard InChI is InChI=1S/C27H20Cl2N4O5S/c28-22-5-2-6-23(24(22)29)32-26(35)21(16-17-3-1-4-20(15-17)33(36)37)25(34)31(27(32)39)19-9-7-18(8-10-19)30-11-13-38-14-12-30/h1-10,15-16H,11-14H2/b21-16-. The van der Waals surface area contributed by atoms with Gasteiger partial charge in [0.1, 0.15) is 5.57 Å². The molecule has 2 saturated heterocycles. The number of nitro groups is 1. The molecule has 0 aromatic heterocycles. The number of non-ortho nitro benzene ring substituents is 1. The molecule has 2 fully saturated rings. The molecule has 0 radical (unpaired) electrons. The zero-order valence-electron chi connectivity index (χ0n) is 20.3. The second kappa shape index (κ2) is 11.1. The Kier molecular flexibility index (Phi) is 7.62. The van der Waals surface area contributed by atoms with E-state index < -0.39 is 16.7 Å². The average molecular weight is 583 g/mol. The van der Waals surface area contributed by atoms with Crippen molar-refractivity contribution in [2.24, 2.45) is 0 Å². The van der Waals surface area contributed by atoms with Crippen LogP contribution in [0.5, 0.6) is 0 Å². The van der Waals surface area contributed by atoms with E-state index in [0.29, 0.717) is 24.5 Å². The van der Waals surface area contributed by atoms with Gasteiger partial charge in [0.25, 0.3) is 17.5 Å². The third-order valence-corrected chi connectivity index (χ3v) is 7.47. The number of morpholine rings is 1. The van der Waals surface area contributed by atoms with Gasteiger partial charge in [0, 0.05) is 30.9 Å². The number of nitro benzene ring substituents is 1. The van der Waals surface area contributed by atoms with E-state index in [2.05, 4.69) is 4.90 Å². The lowest BCUT2D eigenvalue weighted by atomic mass is 10.0. The molecule has 0 spiro atoms. The average Bonchev–Trinajstić information content (AvgIpc) is 2.94. The maximum atomic E-state index is 13.8. The van der Waals surface area contributed by atoms with Gasteiger partial charge in [-0.1, -0.05) is 41.4 Å². The second-order valence-electron chi connectivity index (χ2n) is 8.66. The maximum Gasteiger partial charge on any atom is 0.270 e. The number of hydrogen-bond donors (Lipinski definition) is 0. The van der Waals surface area contributed by atoms with Crippen LogP contribution < -0.4 is 14.7 Å². The topological polar surface area (TPSA) is 96.2 Å². The number of ether oxygens (including phenoxy) is 1. The maximum absolute atomic E-state index is 13.8. The first-order valence-corrected chi connectivity index (χ1v) is 13.0. The Morgan fingerprint density at radius 2 is 1.54 bits per heavy atom. The lowest BCUT2D eigenvalue weighted by Gasteiger charge is -2.37. The van der Waals surface area contributed by atoms with E-state index in [-0.39, 0.29) is 32.1 Å². The Morgan fingerprint density at radius 1 is 0.897 bits per heavy atom. The monoisotopic (exact) mass is 582 g/mol. The molecule has 39 heavy (non-hydrogen) atoms. The molecule has 0 N–H and O–H groups in total. The summed E-state index contributed by atoms with van der Waals surface area (Å²) in [5.74, 6) is -1.41. The quantitative estimate of drug-likeness (QED) is 0.129. The fraction of sp³-hybridized carbons (Fsp3) is 0.148. The molecule has 12 heteroatoms. The van der Waals surface area contributed by atoms with E-state index in [1.807, 2.05) is 12.1 Å². The number of thiocarbonyl (C=S) groups is 1. The van der Waals surface area contributed by atoms with Crippen molar-refractivity contribution in [1.29, 1.82) is 0 Å². The Hall–Kier alpha value is -3.83. The highest BCUT2D eigenvalue weighted by Crippen LogP contribution is 2.37. The van der Waals surface area contributed by atoms with Crippen LogP contribution >= 0.6 is 35.4 Å². The minimum Gasteiger partial charge on any atom is -0.378 e. The number of carbonyl (C=O) groups is 2. The molecule has 0 unspecified atom stereocenters. The Balaban J connectivity index is 1.60. The van der Waals surface area contributed by atoms with Crippen LogP contribution in [0.4, 0.5) is 22.7 Å². The van der Waals surface area contributed by atoms with Gasteiger partial charge in [-0.2, -0.15) is 0 Å². The number of halogens is 2. The zero-order valence-corrected chi connectivity index (χ0v) is 22.6. The van der Waals surface area contributed by atoms with Gasteiger partial charge in [0.2, 0.25) is 0 Å². The fourth-order valence-electron chi connectivity index (χ4n) is 4.36. The third-order valence-electron chi connectivity index (χ3n) is 6.30. The summed E-state index contributed by atoms with van der Waals surface area (Å²) in [6.07, 6.45) is 1.31. The van der Waals surface area contributed by atoms with Crippen molar-refractivity contribution in [2.75, 3.05) is 41.0 Å². The molecule has 2 aliphatic heterocycles. The minimum absolute atomic E-state index is 0.0847. The van der Waals surface area contributed by atoms with Crippen LogP contribution in [-0.4, -0.2) is 48.2 Å². The second-order valence-corrected chi connectivity index (χ2v) is 9.81. The summed E-state index contributed by atoms with van der Waals surface area (Å²) in [7, 11) is 0. The molecule has 2 amide bonds. The number of rotatable bonds is 5. The van der Waals surface area contributed by atoms with Crippen LogP contribution in [0.1, 0.15) is 5.56 Å². The summed E-state index contributed by atoms with van der Waals surface area (Å²) in [5.41, 5.74) is 1.46. The number of carbonyl (C=O) groups excluding carboxylic acids is 2. The van der Waals surface area contributed by atoms with E-state index in [0.717, 1.165) is 23.7 Å². The summed E-state index contributed by atoms with van der Waals surface area (Å²) in [4.78, 5) is 42.8. The number of nitrogens with zero attached hydrogens (tertiary/aromatic N) is 4. The van der Waals surface area contributed by atoms with Gasteiger partial charge < -0.3 is 9.64 Å². The van der Waals surface area contributed by atoms with Gasteiger partial charge in [-0.05, 0) is 60.3 Å². The van der Waals surface area contributed by atoms with Crippen LogP contribution in [0.25, 0.3) is 6.08 Å². The molecule has 3 aromatic carbocycles. The fourth-order valence-corrected chi connectivity index (χ4v) is 5.11. The smallest absolute Gasteiger partial charge is 0.270 e. The molecule has 2 aliphatic rings. The van der Waals surface area contributed by atoms with Crippen LogP contribution in [-0.2, 0) is 14.3 Å². The third kappa shape index (κ3) is 5.24. The highest BCUT2D eigenvalue weighted by atomic mass is 35.5. The molecule has 5 rings (SSSR count). The highest BCUT2D eigenvalue weighted by molar-refractivity contribution is 7.81. The molecule has 0 bridgehead atoms. The van der Waals surface area contributed by atoms with Gasteiger partial charge in [-0.25, -0.2) is 0 Å². The number of anilines is 3. The van der Waals surface area contributed by atoms with Crippen molar-refractivity contribution < 1.29 is 19.2 Å². The van der Waals surface area contributed by atoms with Crippen molar-refractivity contribution in [3.8, 4) is 0 Å². The van der Waals surface area contributed by atoms with E-state index in [4.69, 9.17) is 40.2 Å². The van der Waals surface area contributed by atoms with Crippen LogP contribution in [0, 0.1) is 10.1 Å². The van der Waals surface area contributed by atoms with Crippen LogP contribution in [0.15, 0.2) is 72.3 Å². The zero-order chi connectivity index (χ0) is 27.7. The van der Waals surface area contributed by atoms with E-state index in [1.165, 1.54) is 29.2 Å². The van der Waals surface area contributed by atoms with Crippen molar-refractivity contribution in [1.82, 2.24) is 0 Å². The van der Waals surface area contributed by atoms with Gasteiger partial charge in [-0.3, -0.25) is 29.5 Å². The van der Waals surface area contributed by atoms with Gasteiger partial charge >= 0.3 is 0 Å². The number of benzene rings is 3. The summed E-state index contributed by atoms with van der Waals surface area (Å²) >= 11 is 18.4. The van der Waals surface area contributed by atoms with Crippen molar-refractivity contribution in [3.63, 3.8) is 0 Å². The molecule has 198 valence electrons. The SMILES string of the molecule is O=C1/C(=C/c2cccc([N+](=O)[O-])c2)C(=O)N(c2cccc(Cl)c2Cl)C(=S)N1c1ccc(N2CCOCC2)cc1. The summed E-state index contributed by atoms with van der Waals surface area (Å²) < 4.78 is 5.42. The van der Waals surface area contributed by atoms with Gasteiger partial charge in [0.15, 0.2) is 5.11 Å². The van der Waals surface area contributed by atoms with E-state index in [1.54, 1.807) is 36.4 Å². The van der Waals surface area contributed by atoms with Crippen molar-refractivity contribution >= 4 is 81.2 Å². The van der Waals surface area contributed by atoms with Gasteiger partial charge in [0.05, 0.1) is 39.6 Å². The Labute approximate surface area is 238 Å². The first-order valence-electron chi connectivity index (χ1n) is 11.8. The summed E-state index contributed by atoms with van der Waals surface area (Å²) in [6.45, 7) is 2.73. The minimum atomic E-state index is -0.734. The van der Waals surface area contributed by atoms with Gasteiger partial charge in [-0.15, -0.1) is 0 Å². The molecular weight excluding hydrogens is 563 g/mol. The molecule has 0 aliphatic carbocycles. The van der Waals surface area contributed by atoms with E-state index >= 15 is 0 Å². The predicted octanol–water partition coefficient (Wildman–Crippen LogP) is 5.49. The summed E-state index contributed by atoms with van der Waals surface area (Å²) in [6, 6.07) is 17.6. The molecular formula is C27H20Cl2N4O5S. The van der Waals surface area contributed by atoms with Crippen molar-refractivity contribution in [2.45, 2.75) is 0 Å². The predicted molar refractivity (Wildman–Crippen MR) is 155 cm³/mol. The first-order chi connectivity index (χ1) is 18.8. The lowest BCUT2D eigenvalue weighted by molar-refractivity contribution is -0.384. The lowest BCUT2D eigenvalue weighted by Crippen LogP contribution is -2.57. The largest absolute Gasteiger partial charge is 0.378 e.